The lowest BCUT2D eigenvalue weighted by Crippen LogP contribution is -2.05. The van der Waals surface area contributed by atoms with E-state index in [1.54, 1.807) is 12.4 Å². The minimum Gasteiger partial charge on any atom is -0.369 e. The fraction of sp³-hybridized carbons (Fsp3) is 0.333. The zero-order chi connectivity index (χ0) is 9.42. The highest BCUT2D eigenvalue weighted by Gasteiger charge is 2.09. The molecule has 2 aromatic heterocycles. The molecule has 2 N–H and O–H groups in total. The van der Waals surface area contributed by atoms with Crippen molar-refractivity contribution in [2.75, 3.05) is 5.73 Å². The van der Waals surface area contributed by atoms with Crippen molar-refractivity contribution in [3.63, 3.8) is 0 Å². The molecule has 0 atom stereocenters. The van der Waals surface area contributed by atoms with Crippen LogP contribution in [0.25, 0.3) is 11.0 Å². The van der Waals surface area contributed by atoms with Crippen molar-refractivity contribution < 1.29 is 0 Å². The summed E-state index contributed by atoms with van der Waals surface area (Å²) in [6, 6.07) is 2.26. The number of anilines is 1. The van der Waals surface area contributed by atoms with Gasteiger partial charge < -0.3 is 10.3 Å². The highest BCUT2D eigenvalue weighted by Crippen LogP contribution is 2.20. The van der Waals surface area contributed by atoms with Gasteiger partial charge in [-0.05, 0) is 19.9 Å². The third-order valence-electron chi connectivity index (χ3n) is 2.04. The van der Waals surface area contributed by atoms with Crippen molar-refractivity contribution in [3.8, 4) is 0 Å². The zero-order valence-corrected chi connectivity index (χ0v) is 7.73. The van der Waals surface area contributed by atoms with Gasteiger partial charge in [-0.2, -0.15) is 0 Å². The molecular weight excluding hydrogens is 164 g/mol. The van der Waals surface area contributed by atoms with Crippen molar-refractivity contribution in [2.45, 2.75) is 19.9 Å². The molecule has 0 fully saturated rings. The van der Waals surface area contributed by atoms with E-state index in [0.29, 0.717) is 12.0 Å². The second kappa shape index (κ2) is 2.73. The third-order valence-corrected chi connectivity index (χ3v) is 2.04. The molecule has 4 nitrogen and oxygen atoms in total. The molecule has 0 unspecified atom stereocenters. The van der Waals surface area contributed by atoms with Crippen LogP contribution in [0.3, 0.4) is 0 Å². The molecule has 0 saturated heterocycles. The van der Waals surface area contributed by atoms with E-state index in [1.165, 1.54) is 0 Å². The topological polar surface area (TPSA) is 56.7 Å². The molecule has 0 aliphatic carbocycles. The Morgan fingerprint density at radius 1 is 1.46 bits per heavy atom. The highest BCUT2D eigenvalue weighted by atomic mass is 15.2. The molecule has 0 amide bonds. The van der Waals surface area contributed by atoms with Crippen molar-refractivity contribution in [1.29, 1.82) is 0 Å². The van der Waals surface area contributed by atoms with Crippen LogP contribution in [0, 0.1) is 0 Å². The molecule has 0 bridgehead atoms. The van der Waals surface area contributed by atoms with Crippen LogP contribution in [0.5, 0.6) is 0 Å². The summed E-state index contributed by atoms with van der Waals surface area (Å²) in [7, 11) is 0. The van der Waals surface area contributed by atoms with Crippen molar-refractivity contribution in [2.24, 2.45) is 0 Å². The standard InChI is InChI=1S/C9H12N4/c1-6(2)13-8-3-4-11-5-7(8)12-9(13)10/h3-6H,1-2H3,(H2,10,12). The van der Waals surface area contributed by atoms with Gasteiger partial charge in [0.1, 0.15) is 5.52 Å². The number of fused-ring (bicyclic) bond motifs is 1. The molecule has 0 aromatic carbocycles. The van der Waals surface area contributed by atoms with Crippen molar-refractivity contribution >= 4 is 17.0 Å². The third kappa shape index (κ3) is 1.14. The summed E-state index contributed by atoms with van der Waals surface area (Å²) in [6.07, 6.45) is 3.48. The number of nitrogens with zero attached hydrogens (tertiary/aromatic N) is 3. The van der Waals surface area contributed by atoms with Crippen LogP contribution in [0.15, 0.2) is 18.5 Å². The first-order chi connectivity index (χ1) is 6.20. The molecule has 0 saturated carbocycles. The van der Waals surface area contributed by atoms with E-state index in [1.807, 2.05) is 10.6 Å². The lowest BCUT2D eigenvalue weighted by molar-refractivity contribution is 0.627. The van der Waals surface area contributed by atoms with Crippen LogP contribution in [0.1, 0.15) is 19.9 Å². The van der Waals surface area contributed by atoms with Crippen LogP contribution >= 0.6 is 0 Å². The predicted octanol–water partition coefficient (Wildman–Crippen LogP) is 1.59. The molecule has 13 heavy (non-hydrogen) atoms. The number of hydrogen-bond acceptors (Lipinski definition) is 3. The van der Waals surface area contributed by atoms with Gasteiger partial charge in [-0.25, -0.2) is 4.98 Å². The number of nitrogens with two attached hydrogens (primary N) is 1. The Balaban J connectivity index is 2.78. The van der Waals surface area contributed by atoms with Gasteiger partial charge in [0.25, 0.3) is 0 Å². The summed E-state index contributed by atoms with van der Waals surface area (Å²) < 4.78 is 2.00. The van der Waals surface area contributed by atoms with Crippen molar-refractivity contribution in [1.82, 2.24) is 14.5 Å². The summed E-state index contributed by atoms with van der Waals surface area (Å²) in [6.45, 7) is 4.16. The molecule has 2 rings (SSSR count). The van der Waals surface area contributed by atoms with Crippen LogP contribution in [0.4, 0.5) is 5.95 Å². The Morgan fingerprint density at radius 3 is 2.92 bits per heavy atom. The summed E-state index contributed by atoms with van der Waals surface area (Å²) in [5.74, 6) is 0.554. The number of hydrogen-bond donors (Lipinski definition) is 1. The van der Waals surface area contributed by atoms with Gasteiger partial charge in [-0.1, -0.05) is 0 Å². The average Bonchev–Trinajstić information content (AvgIpc) is 2.39. The lowest BCUT2D eigenvalue weighted by atomic mass is 10.3. The van der Waals surface area contributed by atoms with Gasteiger partial charge in [0.15, 0.2) is 0 Å². The maximum atomic E-state index is 5.78. The van der Waals surface area contributed by atoms with E-state index < -0.39 is 0 Å². The maximum Gasteiger partial charge on any atom is 0.201 e. The van der Waals surface area contributed by atoms with Crippen LogP contribution in [0.2, 0.25) is 0 Å². The summed E-state index contributed by atoms with van der Waals surface area (Å²) >= 11 is 0. The van der Waals surface area contributed by atoms with Crippen molar-refractivity contribution in [3.05, 3.63) is 18.5 Å². The summed E-state index contributed by atoms with van der Waals surface area (Å²) in [5.41, 5.74) is 7.68. The number of pyridine rings is 1. The summed E-state index contributed by atoms with van der Waals surface area (Å²) in [5, 5.41) is 0. The minimum absolute atomic E-state index is 0.326. The smallest absolute Gasteiger partial charge is 0.201 e. The van der Waals surface area contributed by atoms with E-state index in [0.717, 1.165) is 11.0 Å². The van der Waals surface area contributed by atoms with Gasteiger partial charge >= 0.3 is 0 Å². The fourth-order valence-corrected chi connectivity index (χ4v) is 1.51. The molecule has 0 radical (unpaired) electrons. The molecule has 2 aromatic rings. The normalized spacial score (nSPS) is 11.3. The van der Waals surface area contributed by atoms with Crippen LogP contribution in [-0.4, -0.2) is 14.5 Å². The Morgan fingerprint density at radius 2 is 2.23 bits per heavy atom. The number of aromatic nitrogens is 3. The first kappa shape index (κ1) is 8.04. The van der Waals surface area contributed by atoms with E-state index in [2.05, 4.69) is 23.8 Å². The summed E-state index contributed by atoms with van der Waals surface area (Å²) in [4.78, 5) is 8.21. The van der Waals surface area contributed by atoms with E-state index in [-0.39, 0.29) is 0 Å². The molecule has 0 spiro atoms. The number of imidazole rings is 1. The number of rotatable bonds is 1. The highest BCUT2D eigenvalue weighted by molar-refractivity contribution is 5.77. The van der Waals surface area contributed by atoms with Crippen LogP contribution < -0.4 is 5.73 Å². The van der Waals surface area contributed by atoms with Gasteiger partial charge in [-0.15, -0.1) is 0 Å². The van der Waals surface area contributed by atoms with Gasteiger partial charge in [0, 0.05) is 12.2 Å². The molecule has 0 aliphatic rings. The second-order valence-corrected chi connectivity index (χ2v) is 3.30. The lowest BCUT2D eigenvalue weighted by Gasteiger charge is -2.09. The van der Waals surface area contributed by atoms with Crippen LogP contribution in [-0.2, 0) is 0 Å². The Kier molecular flexibility index (Phi) is 1.69. The molecule has 0 aliphatic heterocycles. The number of nitrogen functional groups attached to an aromatic ring is 1. The first-order valence-electron chi connectivity index (χ1n) is 4.27. The van der Waals surface area contributed by atoms with E-state index in [4.69, 9.17) is 5.73 Å². The largest absolute Gasteiger partial charge is 0.369 e. The zero-order valence-electron chi connectivity index (χ0n) is 7.73. The minimum atomic E-state index is 0.326. The Bertz CT molecular complexity index is 430. The first-order valence-corrected chi connectivity index (χ1v) is 4.27. The molecule has 2 heterocycles. The molecule has 4 heteroatoms. The Labute approximate surface area is 76.4 Å². The van der Waals surface area contributed by atoms with E-state index >= 15 is 0 Å². The second-order valence-electron chi connectivity index (χ2n) is 3.30. The predicted molar refractivity (Wildman–Crippen MR) is 52.3 cm³/mol. The van der Waals surface area contributed by atoms with E-state index in [9.17, 15) is 0 Å². The van der Waals surface area contributed by atoms with Gasteiger partial charge in [0.05, 0.1) is 11.7 Å². The molecule has 68 valence electrons. The fourth-order valence-electron chi connectivity index (χ4n) is 1.51. The molecular formula is C9H12N4. The monoisotopic (exact) mass is 176 g/mol. The quantitative estimate of drug-likeness (QED) is 0.717. The SMILES string of the molecule is CC(C)n1c(N)nc2cnccc21. The van der Waals surface area contributed by atoms with Gasteiger partial charge in [-0.3, -0.25) is 4.98 Å². The van der Waals surface area contributed by atoms with Gasteiger partial charge in [0.2, 0.25) is 5.95 Å². The maximum absolute atomic E-state index is 5.78. The average molecular weight is 176 g/mol. The Hall–Kier alpha value is -1.58.